The molecule has 1 atom stereocenters. The zero-order valence-corrected chi connectivity index (χ0v) is 31.5. The molecular formula is C37H49FN6O8. The van der Waals surface area contributed by atoms with E-state index in [-0.39, 0.29) is 35.5 Å². The summed E-state index contributed by atoms with van der Waals surface area (Å²) >= 11 is 0. The Bertz CT molecular complexity index is 1860. The highest BCUT2D eigenvalue weighted by Gasteiger charge is 2.36. The molecule has 1 unspecified atom stereocenters. The molecule has 3 aromatic rings. The highest BCUT2D eigenvalue weighted by Crippen LogP contribution is 2.41. The van der Waals surface area contributed by atoms with Crippen LogP contribution in [-0.4, -0.2) is 87.2 Å². The van der Waals surface area contributed by atoms with Crippen molar-refractivity contribution in [2.45, 2.75) is 111 Å². The van der Waals surface area contributed by atoms with Crippen LogP contribution in [0.1, 0.15) is 80.0 Å². The Kier molecular flexibility index (Phi) is 10.6. The van der Waals surface area contributed by atoms with Crippen LogP contribution in [0.4, 0.5) is 36.0 Å². The lowest BCUT2D eigenvalue weighted by atomic mass is 9.94. The molecule has 3 amide bonds. The molecule has 1 aromatic carbocycles. The number of pyridine rings is 2. The fourth-order valence-electron chi connectivity index (χ4n) is 5.89. The summed E-state index contributed by atoms with van der Waals surface area (Å²) in [5, 5.41) is 16.7. The summed E-state index contributed by atoms with van der Waals surface area (Å²) in [6.07, 6.45) is 0.454. The van der Waals surface area contributed by atoms with E-state index in [1.807, 2.05) is 0 Å². The number of anilines is 3. The quantitative estimate of drug-likeness (QED) is 0.175. The molecule has 14 nitrogen and oxygen atoms in total. The fraction of sp³-hybridized carbons (Fsp3) is 0.541. The van der Waals surface area contributed by atoms with Crippen LogP contribution >= 0.6 is 0 Å². The molecular weight excluding hydrogens is 675 g/mol. The highest BCUT2D eigenvalue weighted by atomic mass is 19.1. The number of likely N-dealkylation sites (tertiary alicyclic amines) is 1. The zero-order valence-electron chi connectivity index (χ0n) is 31.5. The lowest BCUT2D eigenvalue weighted by Gasteiger charge is -2.40. The smallest absolute Gasteiger partial charge is 0.414 e. The SMILES string of the molecule is Cc1c(-c2cc3cc(NC(O)OC4CN(C(=O)OC(C)(C)C)C4)ncc3c(NC(=O)OC(C)(C)C)c2F)cnc2c1N(C(=O)OC(C)(C)C)CCC2. The number of halogens is 1. The largest absolute Gasteiger partial charge is 0.444 e. The van der Waals surface area contributed by atoms with Crippen molar-refractivity contribution in [3.8, 4) is 11.1 Å². The van der Waals surface area contributed by atoms with Gasteiger partial charge in [-0.25, -0.2) is 23.8 Å². The summed E-state index contributed by atoms with van der Waals surface area (Å²) < 4.78 is 38.8. The number of nitrogens with zero attached hydrogens (tertiary/aromatic N) is 4. The number of carbonyl (C=O) groups excluding carboxylic acids is 3. The second kappa shape index (κ2) is 14.3. The Balaban J connectivity index is 1.48. The Hall–Kier alpha value is -4.76. The highest BCUT2D eigenvalue weighted by molar-refractivity contribution is 6.04. The van der Waals surface area contributed by atoms with Gasteiger partial charge in [-0.05, 0) is 105 Å². The molecule has 5 rings (SSSR count). The van der Waals surface area contributed by atoms with Crippen molar-refractivity contribution in [1.29, 1.82) is 0 Å². The van der Waals surface area contributed by atoms with Crippen LogP contribution in [0.25, 0.3) is 21.9 Å². The summed E-state index contributed by atoms with van der Waals surface area (Å²) in [5.74, 6) is -0.561. The van der Waals surface area contributed by atoms with Crippen LogP contribution in [0.5, 0.6) is 0 Å². The molecule has 2 aliphatic heterocycles. The molecule has 0 saturated carbocycles. The average molecular weight is 725 g/mol. The van der Waals surface area contributed by atoms with Crippen LogP contribution in [0.2, 0.25) is 0 Å². The predicted molar refractivity (Wildman–Crippen MR) is 194 cm³/mol. The third-order valence-electron chi connectivity index (χ3n) is 8.03. The Labute approximate surface area is 303 Å². The number of hydrogen-bond acceptors (Lipinski definition) is 11. The zero-order chi connectivity index (χ0) is 38.3. The minimum Gasteiger partial charge on any atom is -0.444 e. The van der Waals surface area contributed by atoms with Crippen LogP contribution < -0.4 is 15.5 Å². The van der Waals surface area contributed by atoms with Gasteiger partial charge in [0.2, 0.25) is 6.41 Å². The lowest BCUT2D eigenvalue weighted by Crippen LogP contribution is -2.57. The number of hydrogen-bond donors (Lipinski definition) is 3. The Morgan fingerprint density at radius 2 is 1.54 bits per heavy atom. The molecule has 0 radical (unpaired) electrons. The standard InChI is InChI=1S/C37H49FN6O8/c1-20-24(16-39-26-12-11-13-44(30(20)26)34(48)52-37(8,9)10)23-14-21-15-27(40-17-25(21)29(28(23)38)42-32(46)50-35(2,3)4)41-31(45)49-22-18-43(19-22)33(47)51-36(5,6)7/h14-17,22,31,45H,11-13,18-19H2,1-10H3,(H,40,41)(H,42,46). The first-order chi connectivity index (χ1) is 24.1. The van der Waals surface area contributed by atoms with Gasteiger partial charge in [-0.15, -0.1) is 0 Å². The van der Waals surface area contributed by atoms with Gasteiger partial charge in [0.05, 0.1) is 36.3 Å². The minimum atomic E-state index is -1.49. The first kappa shape index (κ1) is 38.5. The number of aromatic nitrogens is 2. The van der Waals surface area contributed by atoms with Gasteiger partial charge >= 0.3 is 18.3 Å². The topological polar surface area (TPSA) is 165 Å². The molecule has 15 heteroatoms. The number of fused-ring (bicyclic) bond motifs is 2. The van der Waals surface area contributed by atoms with Gasteiger partial charge in [0.1, 0.15) is 22.6 Å². The van der Waals surface area contributed by atoms with E-state index in [0.717, 1.165) is 0 Å². The van der Waals surface area contributed by atoms with Gasteiger partial charge in [0.15, 0.2) is 5.82 Å². The summed E-state index contributed by atoms with van der Waals surface area (Å²) in [5.41, 5.74) is -0.0293. The molecule has 0 bridgehead atoms. The molecule has 1 fully saturated rings. The van der Waals surface area contributed by atoms with Crippen molar-refractivity contribution >= 4 is 46.2 Å². The number of aliphatic hydroxyl groups excluding tert-OH is 1. The maximum atomic E-state index is 16.7. The van der Waals surface area contributed by atoms with Gasteiger partial charge in [-0.1, -0.05) is 0 Å². The van der Waals surface area contributed by atoms with E-state index < -0.39 is 53.4 Å². The first-order valence-corrected chi connectivity index (χ1v) is 17.3. The summed E-state index contributed by atoms with van der Waals surface area (Å²) in [6.45, 7) is 18.5. The minimum absolute atomic E-state index is 0.103. The Morgan fingerprint density at radius 3 is 2.17 bits per heavy atom. The van der Waals surface area contributed by atoms with Gasteiger partial charge in [-0.3, -0.25) is 15.2 Å². The molecule has 3 N–H and O–H groups in total. The number of benzene rings is 1. The Morgan fingerprint density at radius 1 is 0.904 bits per heavy atom. The number of nitrogens with one attached hydrogen (secondary N) is 2. The number of aliphatic hydroxyl groups is 1. The maximum absolute atomic E-state index is 16.7. The lowest BCUT2D eigenvalue weighted by molar-refractivity contribution is -0.157. The molecule has 0 spiro atoms. The van der Waals surface area contributed by atoms with E-state index >= 15 is 4.39 Å². The third kappa shape index (κ3) is 9.17. The van der Waals surface area contributed by atoms with Crippen LogP contribution in [0, 0.1) is 12.7 Å². The van der Waals surface area contributed by atoms with Crippen LogP contribution in [0.15, 0.2) is 24.5 Å². The number of carbonyl (C=O) groups is 3. The predicted octanol–water partition coefficient (Wildman–Crippen LogP) is 7.10. The first-order valence-electron chi connectivity index (χ1n) is 17.3. The monoisotopic (exact) mass is 724 g/mol. The van der Waals surface area contributed by atoms with E-state index in [0.29, 0.717) is 47.3 Å². The number of amides is 3. The van der Waals surface area contributed by atoms with E-state index in [2.05, 4.69) is 20.6 Å². The third-order valence-corrected chi connectivity index (χ3v) is 8.03. The van der Waals surface area contributed by atoms with Gasteiger partial charge < -0.3 is 34.3 Å². The number of rotatable bonds is 6. The second-order valence-corrected chi connectivity index (χ2v) is 16.0. The van der Waals surface area contributed by atoms with Crippen molar-refractivity contribution in [3.05, 3.63) is 41.6 Å². The number of ether oxygens (including phenoxy) is 4. The summed E-state index contributed by atoms with van der Waals surface area (Å²) in [6, 6.07) is 3.17. The molecule has 282 valence electrons. The van der Waals surface area contributed by atoms with Crippen LogP contribution in [0.3, 0.4) is 0 Å². The van der Waals surface area contributed by atoms with Gasteiger partial charge in [0.25, 0.3) is 0 Å². The molecule has 52 heavy (non-hydrogen) atoms. The van der Waals surface area contributed by atoms with Gasteiger partial charge in [-0.2, -0.15) is 0 Å². The van der Waals surface area contributed by atoms with E-state index in [1.54, 1.807) is 87.6 Å². The summed E-state index contributed by atoms with van der Waals surface area (Å²) in [4.78, 5) is 50.5. The maximum Gasteiger partial charge on any atom is 0.414 e. The van der Waals surface area contributed by atoms with Crippen molar-refractivity contribution in [1.82, 2.24) is 14.9 Å². The molecule has 0 aliphatic carbocycles. The van der Waals surface area contributed by atoms with Crippen molar-refractivity contribution in [2.24, 2.45) is 0 Å². The van der Waals surface area contributed by atoms with E-state index in [4.69, 9.17) is 18.9 Å². The van der Waals surface area contributed by atoms with E-state index in [9.17, 15) is 19.5 Å². The van der Waals surface area contributed by atoms with Crippen molar-refractivity contribution in [2.75, 3.05) is 35.2 Å². The fourth-order valence-corrected chi connectivity index (χ4v) is 5.89. The molecule has 2 aromatic heterocycles. The molecule has 4 heterocycles. The normalized spacial score (nSPS) is 15.8. The summed E-state index contributed by atoms with van der Waals surface area (Å²) in [7, 11) is 0. The molecule has 1 saturated heterocycles. The van der Waals surface area contributed by atoms with E-state index in [1.165, 1.54) is 16.0 Å². The number of aryl methyl sites for hydroxylation is 1. The van der Waals surface area contributed by atoms with Gasteiger partial charge in [0, 0.05) is 35.5 Å². The van der Waals surface area contributed by atoms with Crippen molar-refractivity contribution < 1.29 is 42.8 Å². The van der Waals surface area contributed by atoms with Crippen LogP contribution in [-0.2, 0) is 25.4 Å². The average Bonchev–Trinajstić information content (AvgIpc) is 2.97. The molecule has 2 aliphatic rings. The van der Waals surface area contributed by atoms with Crippen molar-refractivity contribution in [3.63, 3.8) is 0 Å². The second-order valence-electron chi connectivity index (χ2n) is 16.0.